The lowest BCUT2D eigenvalue weighted by Crippen LogP contribution is -2.33. The van der Waals surface area contributed by atoms with Crippen LogP contribution in [0.25, 0.3) is 5.57 Å². The molecule has 1 aliphatic rings. The fourth-order valence-electron chi connectivity index (χ4n) is 3.04. The smallest absolute Gasteiger partial charge is 0.278 e. The molecule has 3 rings (SSSR count). The molecule has 0 atom stereocenters. The Bertz CT molecular complexity index is 886. The third kappa shape index (κ3) is 4.60. The standard InChI is InChI=1S/C21H24N2O5S/c1-4-28-9-6-8-23-20(24)18(17-7-5-10-29-17)19(21(23)25)22-14-11-15(26-2)13-16(12-14)27-3/h5,7,10-13,22H,4,6,8-9H2,1-3H3. The summed E-state index contributed by atoms with van der Waals surface area (Å²) < 4.78 is 15.9. The number of methoxy groups -OCH3 is 2. The van der Waals surface area contributed by atoms with Crippen molar-refractivity contribution >= 4 is 34.4 Å². The molecule has 0 aliphatic carbocycles. The fraction of sp³-hybridized carbons (Fsp3) is 0.333. The van der Waals surface area contributed by atoms with Crippen molar-refractivity contribution in [1.29, 1.82) is 0 Å². The van der Waals surface area contributed by atoms with Crippen molar-refractivity contribution < 1.29 is 23.8 Å². The van der Waals surface area contributed by atoms with Gasteiger partial charge < -0.3 is 19.5 Å². The Morgan fingerprint density at radius 3 is 2.38 bits per heavy atom. The highest BCUT2D eigenvalue weighted by molar-refractivity contribution is 7.11. The zero-order chi connectivity index (χ0) is 20.8. The van der Waals surface area contributed by atoms with Crippen LogP contribution in [-0.2, 0) is 14.3 Å². The van der Waals surface area contributed by atoms with Crippen LogP contribution in [-0.4, -0.2) is 50.7 Å². The molecular weight excluding hydrogens is 392 g/mol. The van der Waals surface area contributed by atoms with Crippen LogP contribution in [0.15, 0.2) is 41.4 Å². The third-order valence-electron chi connectivity index (χ3n) is 4.43. The van der Waals surface area contributed by atoms with E-state index < -0.39 is 0 Å². The van der Waals surface area contributed by atoms with Crippen molar-refractivity contribution in [3.63, 3.8) is 0 Å². The molecule has 2 amide bonds. The van der Waals surface area contributed by atoms with E-state index in [0.717, 1.165) is 4.88 Å². The Hall–Kier alpha value is -2.84. The summed E-state index contributed by atoms with van der Waals surface area (Å²) in [5.41, 5.74) is 1.23. The molecule has 0 saturated heterocycles. The molecule has 29 heavy (non-hydrogen) atoms. The number of benzene rings is 1. The van der Waals surface area contributed by atoms with Crippen molar-refractivity contribution in [2.75, 3.05) is 39.3 Å². The molecule has 2 aromatic rings. The van der Waals surface area contributed by atoms with E-state index in [1.807, 2.05) is 24.4 Å². The quantitative estimate of drug-likeness (QED) is 0.473. The normalized spacial score (nSPS) is 14.0. The van der Waals surface area contributed by atoms with E-state index in [2.05, 4.69) is 5.32 Å². The molecule has 0 unspecified atom stereocenters. The fourth-order valence-corrected chi connectivity index (χ4v) is 3.81. The van der Waals surface area contributed by atoms with Gasteiger partial charge in [-0.25, -0.2) is 0 Å². The van der Waals surface area contributed by atoms with Crippen molar-refractivity contribution in [1.82, 2.24) is 4.90 Å². The number of hydrogen-bond donors (Lipinski definition) is 1. The highest BCUT2D eigenvalue weighted by atomic mass is 32.1. The molecule has 0 fully saturated rings. The summed E-state index contributed by atoms with van der Waals surface area (Å²) in [5.74, 6) is 0.508. The van der Waals surface area contributed by atoms with Gasteiger partial charge in [-0.2, -0.15) is 0 Å². The van der Waals surface area contributed by atoms with Crippen LogP contribution in [0, 0.1) is 0 Å². The van der Waals surface area contributed by atoms with Crippen molar-refractivity contribution in [2.24, 2.45) is 0 Å². The molecule has 1 N–H and O–H groups in total. The molecule has 1 aromatic carbocycles. The lowest BCUT2D eigenvalue weighted by Gasteiger charge is -2.15. The first-order valence-corrected chi connectivity index (χ1v) is 10.2. The van der Waals surface area contributed by atoms with E-state index in [0.29, 0.717) is 48.9 Å². The van der Waals surface area contributed by atoms with Crippen molar-refractivity contribution in [3.8, 4) is 11.5 Å². The minimum atomic E-state index is -0.350. The average molecular weight is 416 g/mol. The summed E-state index contributed by atoms with van der Waals surface area (Å²) in [6.45, 7) is 3.31. The van der Waals surface area contributed by atoms with Gasteiger partial charge in [0.2, 0.25) is 0 Å². The maximum atomic E-state index is 13.1. The van der Waals surface area contributed by atoms with Crippen LogP contribution in [0.4, 0.5) is 5.69 Å². The second-order valence-electron chi connectivity index (χ2n) is 6.27. The topological polar surface area (TPSA) is 77.1 Å². The Labute approximate surface area is 173 Å². The maximum absolute atomic E-state index is 13.1. The van der Waals surface area contributed by atoms with Crippen LogP contribution >= 0.6 is 11.3 Å². The van der Waals surface area contributed by atoms with E-state index in [9.17, 15) is 9.59 Å². The van der Waals surface area contributed by atoms with Crippen LogP contribution < -0.4 is 14.8 Å². The summed E-state index contributed by atoms with van der Waals surface area (Å²) in [6, 6.07) is 8.92. The Morgan fingerprint density at radius 2 is 1.79 bits per heavy atom. The van der Waals surface area contributed by atoms with Crippen LogP contribution in [0.2, 0.25) is 0 Å². The molecule has 1 aromatic heterocycles. The first kappa shape index (κ1) is 20.9. The number of rotatable bonds is 10. The van der Waals surface area contributed by atoms with Gasteiger partial charge in [0.25, 0.3) is 11.8 Å². The molecule has 0 radical (unpaired) electrons. The molecule has 2 heterocycles. The zero-order valence-corrected chi connectivity index (χ0v) is 17.5. The second kappa shape index (κ2) is 9.58. The highest BCUT2D eigenvalue weighted by Crippen LogP contribution is 2.34. The summed E-state index contributed by atoms with van der Waals surface area (Å²) in [4.78, 5) is 28.1. The zero-order valence-electron chi connectivity index (χ0n) is 16.7. The minimum Gasteiger partial charge on any atom is -0.497 e. The Morgan fingerprint density at radius 1 is 1.07 bits per heavy atom. The molecular formula is C21H24N2O5S. The van der Waals surface area contributed by atoms with Gasteiger partial charge in [0.05, 0.1) is 19.8 Å². The molecule has 1 aliphatic heterocycles. The number of carbonyl (C=O) groups is 2. The largest absolute Gasteiger partial charge is 0.497 e. The molecule has 7 nitrogen and oxygen atoms in total. The van der Waals surface area contributed by atoms with Gasteiger partial charge in [-0.1, -0.05) is 6.07 Å². The lowest BCUT2D eigenvalue weighted by atomic mass is 10.2. The van der Waals surface area contributed by atoms with Gasteiger partial charge in [0.1, 0.15) is 17.2 Å². The van der Waals surface area contributed by atoms with Gasteiger partial charge in [0.15, 0.2) is 0 Å². The molecule has 0 spiro atoms. The van der Waals surface area contributed by atoms with Gasteiger partial charge in [-0.15, -0.1) is 11.3 Å². The molecule has 0 saturated carbocycles. The van der Waals surface area contributed by atoms with E-state index in [1.54, 1.807) is 32.4 Å². The van der Waals surface area contributed by atoms with Gasteiger partial charge in [-0.3, -0.25) is 14.5 Å². The second-order valence-corrected chi connectivity index (χ2v) is 7.21. The van der Waals surface area contributed by atoms with E-state index in [1.165, 1.54) is 16.2 Å². The first-order valence-electron chi connectivity index (χ1n) is 9.31. The maximum Gasteiger partial charge on any atom is 0.278 e. The predicted molar refractivity (Wildman–Crippen MR) is 112 cm³/mol. The summed E-state index contributed by atoms with van der Waals surface area (Å²) in [5, 5.41) is 5.00. The highest BCUT2D eigenvalue weighted by Gasteiger charge is 2.39. The summed E-state index contributed by atoms with van der Waals surface area (Å²) in [6.07, 6.45) is 0.587. The number of nitrogens with one attached hydrogen (secondary N) is 1. The Kier molecular flexibility index (Phi) is 6.90. The van der Waals surface area contributed by atoms with Crippen LogP contribution in [0.1, 0.15) is 18.2 Å². The minimum absolute atomic E-state index is 0.254. The van der Waals surface area contributed by atoms with Crippen LogP contribution in [0.3, 0.4) is 0 Å². The number of thiophene rings is 1. The van der Waals surface area contributed by atoms with Gasteiger partial charge >= 0.3 is 0 Å². The Balaban J connectivity index is 1.92. The summed E-state index contributed by atoms with van der Waals surface area (Å²) in [7, 11) is 3.11. The van der Waals surface area contributed by atoms with Crippen molar-refractivity contribution in [3.05, 3.63) is 46.3 Å². The van der Waals surface area contributed by atoms with E-state index >= 15 is 0 Å². The van der Waals surface area contributed by atoms with Gasteiger partial charge in [0, 0.05) is 48.5 Å². The number of imide groups is 1. The monoisotopic (exact) mass is 416 g/mol. The van der Waals surface area contributed by atoms with Crippen molar-refractivity contribution in [2.45, 2.75) is 13.3 Å². The first-order chi connectivity index (χ1) is 14.1. The van der Waals surface area contributed by atoms with E-state index in [4.69, 9.17) is 14.2 Å². The number of carbonyl (C=O) groups excluding carboxylic acids is 2. The van der Waals surface area contributed by atoms with E-state index in [-0.39, 0.29) is 17.5 Å². The molecule has 8 heteroatoms. The SMILES string of the molecule is CCOCCCN1C(=O)C(Nc2cc(OC)cc(OC)c2)=C(c2cccs2)C1=O. The predicted octanol–water partition coefficient (Wildman–Crippen LogP) is 3.38. The number of nitrogens with zero attached hydrogens (tertiary/aromatic N) is 1. The number of anilines is 1. The lowest BCUT2D eigenvalue weighted by molar-refractivity contribution is -0.137. The van der Waals surface area contributed by atoms with Crippen LogP contribution in [0.5, 0.6) is 11.5 Å². The molecule has 154 valence electrons. The third-order valence-corrected chi connectivity index (χ3v) is 5.32. The molecule has 0 bridgehead atoms. The van der Waals surface area contributed by atoms with Gasteiger partial charge in [-0.05, 0) is 24.8 Å². The number of hydrogen-bond acceptors (Lipinski definition) is 7. The number of ether oxygens (including phenoxy) is 3. The summed E-state index contributed by atoms with van der Waals surface area (Å²) >= 11 is 1.42. The number of amides is 2. The average Bonchev–Trinajstić information content (AvgIpc) is 3.33.